The molecule has 0 radical (unpaired) electrons. The van der Waals surface area contributed by atoms with Gasteiger partial charge in [-0.05, 0) is 37.1 Å². The van der Waals surface area contributed by atoms with Crippen molar-refractivity contribution in [2.24, 2.45) is 5.73 Å². The van der Waals surface area contributed by atoms with Gasteiger partial charge in [-0.15, -0.1) is 0 Å². The van der Waals surface area contributed by atoms with Crippen molar-refractivity contribution in [3.63, 3.8) is 0 Å². The van der Waals surface area contributed by atoms with Crippen molar-refractivity contribution in [3.05, 3.63) is 29.8 Å². The van der Waals surface area contributed by atoms with Crippen LogP contribution in [0.1, 0.15) is 18.4 Å². The number of likely N-dealkylation sites (tertiary alicyclic amines) is 1. The zero-order valence-electron chi connectivity index (χ0n) is 11.4. The van der Waals surface area contributed by atoms with E-state index in [9.17, 15) is 18.0 Å². The predicted octanol–water partition coefficient (Wildman–Crippen LogP) is 2.03. The fourth-order valence-corrected chi connectivity index (χ4v) is 2.21. The molecule has 1 aromatic carbocycles. The smallest absolute Gasteiger partial charge is 0.416 e. The molecule has 116 valence electrons. The summed E-state index contributed by atoms with van der Waals surface area (Å²) >= 11 is 0. The van der Waals surface area contributed by atoms with E-state index in [0.29, 0.717) is 13.1 Å². The van der Waals surface area contributed by atoms with E-state index >= 15 is 0 Å². The fourth-order valence-electron chi connectivity index (χ4n) is 2.21. The number of carbonyl (C=O) groups is 1. The summed E-state index contributed by atoms with van der Waals surface area (Å²) in [6.07, 6.45) is -2.63. The van der Waals surface area contributed by atoms with Crippen LogP contribution < -0.4 is 10.5 Å². The van der Waals surface area contributed by atoms with Gasteiger partial charge in [0.2, 0.25) is 0 Å². The monoisotopic (exact) mass is 302 g/mol. The van der Waals surface area contributed by atoms with Crippen LogP contribution in [0.4, 0.5) is 13.2 Å². The summed E-state index contributed by atoms with van der Waals surface area (Å²) in [5.41, 5.74) is 5.04. The van der Waals surface area contributed by atoms with Gasteiger partial charge in [-0.25, -0.2) is 0 Å². The predicted molar refractivity (Wildman–Crippen MR) is 70.7 cm³/mol. The Morgan fingerprint density at radius 3 is 2.57 bits per heavy atom. The van der Waals surface area contributed by atoms with E-state index in [1.165, 1.54) is 12.1 Å². The second-order valence-electron chi connectivity index (χ2n) is 5.05. The lowest BCUT2D eigenvalue weighted by atomic mass is 10.1. The average Bonchev–Trinajstić information content (AvgIpc) is 2.44. The fraction of sp³-hybridized carbons (Fsp3) is 0.500. The Morgan fingerprint density at radius 1 is 1.33 bits per heavy atom. The van der Waals surface area contributed by atoms with Gasteiger partial charge in [0.05, 0.1) is 5.56 Å². The molecule has 1 aliphatic rings. The van der Waals surface area contributed by atoms with Crippen molar-refractivity contribution >= 4 is 5.91 Å². The Kier molecular flexibility index (Phi) is 4.72. The van der Waals surface area contributed by atoms with Gasteiger partial charge in [0.1, 0.15) is 5.75 Å². The molecule has 21 heavy (non-hydrogen) atoms. The lowest BCUT2D eigenvalue weighted by Gasteiger charge is -2.30. The first-order chi connectivity index (χ1) is 9.86. The Labute approximate surface area is 120 Å². The summed E-state index contributed by atoms with van der Waals surface area (Å²) in [4.78, 5) is 13.5. The molecule has 0 spiro atoms. The molecule has 0 aliphatic carbocycles. The standard InChI is InChI=1S/C14H17F3N2O2/c15-14(16,17)10-3-5-12(6-4-10)21-9-13(20)19-7-1-2-11(18)8-19/h3-6,11H,1-2,7-9,18H2/t11-/m0/s1. The normalized spacial score (nSPS) is 19.4. The van der Waals surface area contributed by atoms with Crippen LogP contribution in [0.3, 0.4) is 0 Å². The van der Waals surface area contributed by atoms with Gasteiger partial charge in [0.25, 0.3) is 5.91 Å². The van der Waals surface area contributed by atoms with Crippen LogP contribution in [-0.2, 0) is 11.0 Å². The molecular weight excluding hydrogens is 285 g/mol. The van der Waals surface area contributed by atoms with Gasteiger partial charge in [-0.2, -0.15) is 13.2 Å². The highest BCUT2D eigenvalue weighted by Gasteiger charge is 2.30. The molecule has 1 heterocycles. The van der Waals surface area contributed by atoms with Crippen molar-refractivity contribution in [3.8, 4) is 5.75 Å². The number of hydrogen-bond acceptors (Lipinski definition) is 3. The van der Waals surface area contributed by atoms with E-state index in [1.807, 2.05) is 0 Å². The molecule has 0 saturated carbocycles. The first-order valence-electron chi connectivity index (χ1n) is 6.69. The minimum atomic E-state index is -4.38. The Morgan fingerprint density at radius 2 is 2.00 bits per heavy atom. The van der Waals surface area contributed by atoms with Crippen LogP contribution in [-0.4, -0.2) is 36.5 Å². The minimum absolute atomic E-state index is 0.0197. The van der Waals surface area contributed by atoms with Crippen molar-refractivity contribution < 1.29 is 22.7 Å². The van der Waals surface area contributed by atoms with Crippen molar-refractivity contribution in [2.75, 3.05) is 19.7 Å². The molecule has 1 fully saturated rings. The molecule has 1 aliphatic heterocycles. The van der Waals surface area contributed by atoms with Crippen LogP contribution in [0.15, 0.2) is 24.3 Å². The van der Waals surface area contributed by atoms with Crippen LogP contribution in [0, 0.1) is 0 Å². The first-order valence-corrected chi connectivity index (χ1v) is 6.69. The molecule has 7 heteroatoms. The van der Waals surface area contributed by atoms with Crippen molar-refractivity contribution in [1.82, 2.24) is 4.90 Å². The second-order valence-corrected chi connectivity index (χ2v) is 5.05. The van der Waals surface area contributed by atoms with E-state index < -0.39 is 11.7 Å². The Hall–Kier alpha value is -1.76. The van der Waals surface area contributed by atoms with E-state index in [0.717, 1.165) is 25.0 Å². The third-order valence-electron chi connectivity index (χ3n) is 3.35. The molecule has 0 unspecified atom stereocenters. The van der Waals surface area contributed by atoms with E-state index in [-0.39, 0.29) is 24.3 Å². The lowest BCUT2D eigenvalue weighted by Crippen LogP contribution is -2.47. The minimum Gasteiger partial charge on any atom is -0.484 e. The molecule has 1 amide bonds. The third-order valence-corrected chi connectivity index (χ3v) is 3.35. The molecule has 1 saturated heterocycles. The maximum absolute atomic E-state index is 12.4. The van der Waals surface area contributed by atoms with Crippen molar-refractivity contribution in [2.45, 2.75) is 25.1 Å². The summed E-state index contributed by atoms with van der Waals surface area (Å²) in [7, 11) is 0. The number of nitrogens with two attached hydrogens (primary N) is 1. The summed E-state index contributed by atoms with van der Waals surface area (Å²) in [6.45, 7) is 0.941. The van der Waals surface area contributed by atoms with Crippen LogP contribution >= 0.6 is 0 Å². The number of nitrogens with zero attached hydrogens (tertiary/aromatic N) is 1. The molecule has 2 N–H and O–H groups in total. The molecule has 0 aromatic heterocycles. The molecular formula is C14H17F3N2O2. The van der Waals surface area contributed by atoms with E-state index in [4.69, 9.17) is 10.5 Å². The van der Waals surface area contributed by atoms with Gasteiger partial charge in [0.15, 0.2) is 6.61 Å². The zero-order chi connectivity index (χ0) is 15.5. The quantitative estimate of drug-likeness (QED) is 0.929. The summed E-state index contributed by atoms with van der Waals surface area (Å²) < 4.78 is 42.4. The highest BCUT2D eigenvalue weighted by atomic mass is 19.4. The maximum atomic E-state index is 12.4. The van der Waals surface area contributed by atoms with Crippen LogP contribution in [0.2, 0.25) is 0 Å². The number of alkyl halides is 3. The number of ether oxygens (including phenoxy) is 1. The number of benzene rings is 1. The van der Waals surface area contributed by atoms with Crippen molar-refractivity contribution in [1.29, 1.82) is 0 Å². The second kappa shape index (κ2) is 6.34. The molecule has 1 aromatic rings. The Balaban J connectivity index is 1.86. The van der Waals surface area contributed by atoms with Crippen LogP contribution in [0.5, 0.6) is 5.75 Å². The first kappa shape index (κ1) is 15.6. The molecule has 1 atom stereocenters. The van der Waals surface area contributed by atoms with Crippen LogP contribution in [0.25, 0.3) is 0 Å². The van der Waals surface area contributed by atoms with Gasteiger partial charge in [0, 0.05) is 19.1 Å². The number of halogens is 3. The average molecular weight is 302 g/mol. The van der Waals surface area contributed by atoms with Gasteiger partial charge in [-0.3, -0.25) is 4.79 Å². The summed E-state index contributed by atoms with van der Waals surface area (Å²) in [5, 5.41) is 0. The number of amides is 1. The van der Waals surface area contributed by atoms with E-state index in [1.54, 1.807) is 4.90 Å². The van der Waals surface area contributed by atoms with Gasteiger partial charge >= 0.3 is 6.18 Å². The number of carbonyl (C=O) groups excluding carboxylic acids is 1. The largest absolute Gasteiger partial charge is 0.484 e. The highest BCUT2D eigenvalue weighted by molar-refractivity contribution is 5.77. The Bertz CT molecular complexity index is 488. The molecule has 0 bridgehead atoms. The zero-order valence-corrected chi connectivity index (χ0v) is 11.4. The summed E-state index contributed by atoms with van der Waals surface area (Å²) in [6, 6.07) is 4.25. The van der Waals surface area contributed by atoms with Gasteiger partial charge < -0.3 is 15.4 Å². The maximum Gasteiger partial charge on any atom is 0.416 e. The topological polar surface area (TPSA) is 55.6 Å². The summed E-state index contributed by atoms with van der Waals surface area (Å²) in [5.74, 6) is 0.0303. The third kappa shape index (κ3) is 4.35. The van der Waals surface area contributed by atoms with E-state index in [2.05, 4.69) is 0 Å². The van der Waals surface area contributed by atoms with Gasteiger partial charge in [-0.1, -0.05) is 0 Å². The molecule has 2 rings (SSSR count). The lowest BCUT2D eigenvalue weighted by molar-refractivity contribution is -0.138. The number of hydrogen-bond donors (Lipinski definition) is 1. The molecule has 4 nitrogen and oxygen atoms in total. The number of rotatable bonds is 3. The highest BCUT2D eigenvalue weighted by Crippen LogP contribution is 2.30. The number of piperidine rings is 1. The SMILES string of the molecule is N[C@H]1CCCN(C(=O)COc2ccc(C(F)(F)F)cc2)C1.